The number of hydrogen-bond donors (Lipinski definition) is 2. The molecule has 4 aromatic rings. The molecule has 1 aliphatic heterocycles. The van der Waals surface area contributed by atoms with Gasteiger partial charge in [0.25, 0.3) is 0 Å². The van der Waals surface area contributed by atoms with Crippen LogP contribution in [-0.4, -0.2) is 21.9 Å². The van der Waals surface area contributed by atoms with E-state index in [1.54, 1.807) is 0 Å². The first-order valence-corrected chi connectivity index (χ1v) is 10.6. The molecule has 136 valence electrons. The molecule has 0 spiro atoms. The summed E-state index contributed by atoms with van der Waals surface area (Å²) in [7, 11) is -2.48. The molecule has 0 saturated carbocycles. The molecule has 5 rings (SSSR count). The first kappa shape index (κ1) is 16.6. The van der Waals surface area contributed by atoms with Crippen LogP contribution < -0.4 is 19.7 Å². The second-order valence-corrected chi connectivity index (χ2v) is 8.86. The largest absolute Gasteiger partial charge is 0.395 e. The molecular formula is C20H18N7P+2. The van der Waals surface area contributed by atoms with E-state index in [4.69, 9.17) is 14.5 Å². The molecule has 0 atom stereocenters. The van der Waals surface area contributed by atoms with Gasteiger partial charge < -0.3 is 0 Å². The van der Waals surface area contributed by atoms with Crippen molar-refractivity contribution in [3.8, 4) is 0 Å². The highest BCUT2D eigenvalue weighted by Crippen LogP contribution is 2.50. The summed E-state index contributed by atoms with van der Waals surface area (Å²) in [4.78, 5) is 10.9. The highest BCUT2D eigenvalue weighted by molar-refractivity contribution is 7.80. The van der Waals surface area contributed by atoms with Gasteiger partial charge >= 0.3 is 11.9 Å². The summed E-state index contributed by atoms with van der Waals surface area (Å²) in [5.74, 6) is 1.20. The molecule has 2 aromatic carbocycles. The van der Waals surface area contributed by atoms with Gasteiger partial charge in [0.05, 0.1) is 24.8 Å². The minimum Gasteiger partial charge on any atom is -0.300 e. The number of aliphatic imine (C=N–C) groups is 1. The average molecular weight is 387 g/mol. The van der Waals surface area contributed by atoms with E-state index in [2.05, 4.69) is 34.2 Å². The predicted octanol–water partition coefficient (Wildman–Crippen LogP) is 1.81. The highest BCUT2D eigenvalue weighted by atomic mass is 31.2. The van der Waals surface area contributed by atoms with E-state index in [1.807, 2.05) is 83.0 Å². The fourth-order valence-electron chi connectivity index (χ4n) is 3.11. The lowest BCUT2D eigenvalue weighted by molar-refractivity contribution is -0.563. The molecule has 1 aliphatic rings. The van der Waals surface area contributed by atoms with Crippen LogP contribution in [0.25, 0.3) is 0 Å². The Morgan fingerprint density at radius 1 is 0.679 bits per heavy atom. The van der Waals surface area contributed by atoms with Gasteiger partial charge in [-0.1, -0.05) is 45.9 Å². The maximum atomic E-state index is 5.15. The summed E-state index contributed by atoms with van der Waals surface area (Å²) >= 11 is 0. The van der Waals surface area contributed by atoms with Crippen LogP contribution in [-0.2, 0) is 0 Å². The van der Waals surface area contributed by atoms with E-state index in [1.165, 1.54) is 0 Å². The highest BCUT2D eigenvalue weighted by Gasteiger charge is 2.38. The van der Waals surface area contributed by atoms with Gasteiger partial charge in [-0.2, -0.15) is 9.13 Å². The Labute approximate surface area is 161 Å². The molecular weight excluding hydrogens is 369 g/mol. The van der Waals surface area contributed by atoms with E-state index in [0.717, 1.165) is 10.6 Å². The van der Waals surface area contributed by atoms with E-state index >= 15 is 0 Å². The monoisotopic (exact) mass is 387 g/mol. The number of H-pyrrole nitrogens is 2. The molecule has 0 fully saturated rings. The lowest BCUT2D eigenvalue weighted by Crippen LogP contribution is -2.47. The molecule has 0 saturated heterocycles. The fourth-order valence-corrected chi connectivity index (χ4v) is 5.91. The third-order valence-electron chi connectivity index (χ3n) is 4.45. The Balaban J connectivity index is 1.85. The predicted molar refractivity (Wildman–Crippen MR) is 109 cm³/mol. The Morgan fingerprint density at radius 3 is 1.71 bits per heavy atom. The quantitative estimate of drug-likeness (QED) is 0.389. The van der Waals surface area contributed by atoms with Crippen molar-refractivity contribution in [1.82, 2.24) is 9.97 Å². The topological polar surface area (TPSA) is 76.4 Å². The SMILES string of the molecule is c1ccc(P2(c3ccccc3)=NC([n+]3cc[nH]c3)=NC([n+]3cc[nH]c3)=N2)cc1. The Kier molecular flexibility index (Phi) is 4.07. The van der Waals surface area contributed by atoms with Crippen molar-refractivity contribution in [2.75, 3.05) is 0 Å². The first-order chi connectivity index (χ1) is 13.9. The Bertz CT molecular complexity index is 1110. The third kappa shape index (κ3) is 2.82. The molecule has 0 aliphatic carbocycles. The smallest absolute Gasteiger partial charge is 0.300 e. The van der Waals surface area contributed by atoms with Crippen LogP contribution in [0.1, 0.15) is 0 Å². The van der Waals surface area contributed by atoms with Gasteiger partial charge in [0, 0.05) is 10.6 Å². The normalized spacial score (nSPS) is 15.4. The number of aromatic amines is 2. The summed E-state index contributed by atoms with van der Waals surface area (Å²) in [6.45, 7) is 0. The molecule has 0 bridgehead atoms. The van der Waals surface area contributed by atoms with Gasteiger partial charge in [0.15, 0.2) is 12.7 Å². The lowest BCUT2D eigenvalue weighted by Gasteiger charge is -2.17. The molecule has 0 amide bonds. The van der Waals surface area contributed by atoms with Gasteiger partial charge in [-0.05, 0) is 29.3 Å². The Hall–Kier alpha value is -3.57. The number of hydrogen-bond acceptors (Lipinski definition) is 3. The van der Waals surface area contributed by atoms with E-state index in [9.17, 15) is 0 Å². The third-order valence-corrected chi connectivity index (χ3v) is 7.43. The minimum absolute atomic E-state index is 0.598. The van der Waals surface area contributed by atoms with Crippen molar-refractivity contribution in [3.05, 3.63) is 98.1 Å². The zero-order valence-corrected chi connectivity index (χ0v) is 15.8. The summed E-state index contributed by atoms with van der Waals surface area (Å²) < 4.78 is 14.1. The van der Waals surface area contributed by atoms with Crippen LogP contribution in [0.3, 0.4) is 0 Å². The van der Waals surface area contributed by atoms with E-state index in [-0.39, 0.29) is 0 Å². The van der Waals surface area contributed by atoms with Crippen molar-refractivity contribution in [2.24, 2.45) is 14.5 Å². The number of benzene rings is 2. The van der Waals surface area contributed by atoms with E-state index in [0.29, 0.717) is 11.9 Å². The minimum atomic E-state index is -2.48. The van der Waals surface area contributed by atoms with Crippen LogP contribution in [0.2, 0.25) is 0 Å². The van der Waals surface area contributed by atoms with Crippen molar-refractivity contribution in [3.63, 3.8) is 0 Å². The maximum absolute atomic E-state index is 5.15. The molecule has 8 heteroatoms. The number of imidazole rings is 2. The fraction of sp³-hybridized carbons (Fsp3) is 0. The van der Waals surface area contributed by atoms with Crippen LogP contribution >= 0.6 is 7.21 Å². The van der Waals surface area contributed by atoms with E-state index < -0.39 is 7.21 Å². The summed E-state index contributed by atoms with van der Waals surface area (Å²) in [5, 5.41) is 2.16. The van der Waals surface area contributed by atoms with Crippen molar-refractivity contribution in [2.45, 2.75) is 0 Å². The van der Waals surface area contributed by atoms with Gasteiger partial charge in [0.2, 0.25) is 7.21 Å². The van der Waals surface area contributed by atoms with Crippen LogP contribution in [0.5, 0.6) is 0 Å². The molecule has 2 aromatic heterocycles. The lowest BCUT2D eigenvalue weighted by atomic mass is 10.4. The molecule has 0 unspecified atom stereocenters. The maximum Gasteiger partial charge on any atom is 0.395 e. The van der Waals surface area contributed by atoms with Crippen LogP contribution in [0.4, 0.5) is 0 Å². The Morgan fingerprint density at radius 2 is 1.21 bits per heavy atom. The zero-order valence-electron chi connectivity index (χ0n) is 14.9. The van der Waals surface area contributed by atoms with Gasteiger partial charge in [0.1, 0.15) is 0 Å². The molecule has 7 nitrogen and oxygen atoms in total. The second-order valence-electron chi connectivity index (χ2n) is 6.22. The van der Waals surface area contributed by atoms with Gasteiger partial charge in [-0.15, -0.1) is 0 Å². The molecule has 3 heterocycles. The average Bonchev–Trinajstić information content (AvgIpc) is 3.49. The van der Waals surface area contributed by atoms with Gasteiger partial charge in [-0.25, -0.2) is 0 Å². The van der Waals surface area contributed by atoms with Crippen molar-refractivity contribution >= 4 is 29.7 Å². The zero-order chi connectivity index (χ0) is 18.8. The van der Waals surface area contributed by atoms with Crippen LogP contribution in [0.15, 0.2) is 113 Å². The number of nitrogens with zero attached hydrogens (tertiary/aromatic N) is 5. The number of rotatable bonds is 2. The first-order valence-electron chi connectivity index (χ1n) is 8.86. The standard InChI is InChI=1S/C20H16N7P/c1-3-7-17(8-4-1)28(18-9-5-2-6-10-18)24-19(26-13-11-21-15-26)23-20(25-28)27-14-12-22-16-27/h1-16H/p+2. The molecule has 28 heavy (non-hydrogen) atoms. The van der Waals surface area contributed by atoms with Crippen molar-refractivity contribution in [1.29, 1.82) is 0 Å². The van der Waals surface area contributed by atoms with Gasteiger partial charge in [-0.3, -0.25) is 9.97 Å². The van der Waals surface area contributed by atoms with Crippen LogP contribution in [0, 0.1) is 0 Å². The summed E-state index contributed by atoms with van der Waals surface area (Å²) in [6, 6.07) is 20.5. The summed E-state index contributed by atoms with van der Waals surface area (Å²) in [5.41, 5.74) is 0. The second kappa shape index (κ2) is 6.87. The molecule has 2 N–H and O–H groups in total. The van der Waals surface area contributed by atoms with Crippen molar-refractivity contribution < 1.29 is 9.13 Å². The number of nitrogens with one attached hydrogen (secondary N) is 2. The number of aromatic nitrogens is 4. The molecule has 0 radical (unpaired) electrons. The summed E-state index contributed by atoms with van der Waals surface area (Å²) in [6.07, 6.45) is 11.2.